The summed E-state index contributed by atoms with van der Waals surface area (Å²) in [5, 5.41) is 4.40. The molecule has 8 nitrogen and oxygen atoms in total. The first-order valence-electron chi connectivity index (χ1n) is 11.3. The van der Waals surface area contributed by atoms with Gasteiger partial charge in [-0.25, -0.2) is 4.79 Å². The number of nitrogens with two attached hydrogens (primary N) is 1. The molecular weight excluding hydrogens is 420 g/mol. The van der Waals surface area contributed by atoms with E-state index in [1.807, 2.05) is 12.1 Å². The summed E-state index contributed by atoms with van der Waals surface area (Å²) in [4.78, 5) is 16.3. The van der Waals surface area contributed by atoms with Gasteiger partial charge in [-0.05, 0) is 62.3 Å². The fraction of sp³-hybridized carbons (Fsp3) is 0.440. The average molecular weight is 455 g/mol. The Kier molecular flexibility index (Phi) is 8.40. The van der Waals surface area contributed by atoms with Gasteiger partial charge in [-0.1, -0.05) is 6.58 Å². The normalized spacial score (nSPS) is 14.0. The zero-order valence-corrected chi connectivity index (χ0v) is 19.8. The van der Waals surface area contributed by atoms with Gasteiger partial charge in [0.1, 0.15) is 5.82 Å². The minimum absolute atomic E-state index is 0.212. The Morgan fingerprint density at radius 2 is 1.97 bits per heavy atom. The van der Waals surface area contributed by atoms with Crippen molar-refractivity contribution in [1.82, 2.24) is 9.88 Å². The van der Waals surface area contributed by atoms with E-state index in [0.29, 0.717) is 17.3 Å². The zero-order valence-electron chi connectivity index (χ0n) is 19.8. The number of unbranched alkanes of at least 4 members (excludes halogenated alkanes) is 1. The van der Waals surface area contributed by atoms with E-state index in [0.717, 1.165) is 38.8 Å². The van der Waals surface area contributed by atoms with E-state index >= 15 is 0 Å². The maximum absolute atomic E-state index is 12.0. The topological polar surface area (TPSA) is 100 Å². The van der Waals surface area contributed by atoms with E-state index in [-0.39, 0.29) is 11.9 Å². The number of aromatic nitrogens is 1. The van der Waals surface area contributed by atoms with Gasteiger partial charge >= 0.3 is 5.97 Å². The number of esters is 1. The number of hydrogen-bond acceptors (Lipinski definition) is 7. The standard InChI is InChI=1S/C25H34N4O4/c1-17(28-24(32-3)16-23(26)31-2)27-13-7-8-14-29-21-10-6-5-9-19(21)20-15-18(25(30)33-4)11-12-22(20)29/h11-12,15-16,27H,1,5-10,13-14,26H2,2-4H3/b23-16+,28-24?. The summed E-state index contributed by atoms with van der Waals surface area (Å²) >= 11 is 0. The van der Waals surface area contributed by atoms with Crippen LogP contribution >= 0.6 is 0 Å². The molecule has 1 aromatic heterocycles. The van der Waals surface area contributed by atoms with Crippen LogP contribution in [0, 0.1) is 0 Å². The van der Waals surface area contributed by atoms with Gasteiger partial charge in [-0.15, -0.1) is 0 Å². The highest BCUT2D eigenvalue weighted by Crippen LogP contribution is 2.33. The number of nitrogens with zero attached hydrogens (tertiary/aromatic N) is 2. The number of methoxy groups -OCH3 is 3. The molecule has 0 unspecified atom stereocenters. The third kappa shape index (κ3) is 5.88. The van der Waals surface area contributed by atoms with Crippen molar-refractivity contribution in [2.45, 2.75) is 45.1 Å². The molecule has 0 amide bonds. The monoisotopic (exact) mass is 454 g/mol. The van der Waals surface area contributed by atoms with Gasteiger partial charge in [0, 0.05) is 29.7 Å². The highest BCUT2D eigenvalue weighted by molar-refractivity contribution is 5.96. The third-order valence-corrected chi connectivity index (χ3v) is 5.89. The molecule has 0 fully saturated rings. The van der Waals surface area contributed by atoms with Crippen LogP contribution in [-0.4, -0.2) is 44.3 Å². The molecule has 2 aromatic rings. The first-order valence-corrected chi connectivity index (χ1v) is 11.3. The van der Waals surface area contributed by atoms with Gasteiger partial charge in [-0.2, -0.15) is 4.99 Å². The number of aliphatic imine (C=N–C) groups is 1. The van der Waals surface area contributed by atoms with Crippen molar-refractivity contribution >= 4 is 22.8 Å². The van der Waals surface area contributed by atoms with E-state index in [1.54, 1.807) is 0 Å². The number of ether oxygens (including phenoxy) is 3. The third-order valence-electron chi connectivity index (χ3n) is 5.89. The van der Waals surface area contributed by atoms with Gasteiger partial charge < -0.3 is 29.8 Å². The van der Waals surface area contributed by atoms with E-state index < -0.39 is 0 Å². The van der Waals surface area contributed by atoms with Gasteiger partial charge in [0.2, 0.25) is 5.90 Å². The Balaban J connectivity index is 1.62. The van der Waals surface area contributed by atoms with Gasteiger partial charge in [0.25, 0.3) is 0 Å². The van der Waals surface area contributed by atoms with Crippen LogP contribution < -0.4 is 11.1 Å². The number of aryl methyl sites for hydroxylation is 2. The molecule has 1 heterocycles. The molecule has 1 aliphatic rings. The first-order chi connectivity index (χ1) is 16.0. The second-order valence-corrected chi connectivity index (χ2v) is 7.99. The molecule has 3 N–H and O–H groups in total. The van der Waals surface area contributed by atoms with Crippen molar-refractivity contribution in [2.75, 3.05) is 27.9 Å². The van der Waals surface area contributed by atoms with E-state index in [1.165, 1.54) is 62.4 Å². The largest absolute Gasteiger partial charge is 0.483 e. The molecule has 0 radical (unpaired) electrons. The van der Waals surface area contributed by atoms with Gasteiger partial charge in [-0.3, -0.25) is 0 Å². The van der Waals surface area contributed by atoms with Crippen molar-refractivity contribution in [1.29, 1.82) is 0 Å². The second-order valence-electron chi connectivity index (χ2n) is 7.99. The molecule has 0 aliphatic heterocycles. The lowest BCUT2D eigenvalue weighted by Gasteiger charge is -2.16. The fourth-order valence-corrected chi connectivity index (χ4v) is 4.25. The molecule has 0 bridgehead atoms. The molecule has 3 rings (SSSR count). The SMILES string of the molecule is C=C(N=C(/C=C(\N)OC)OC)NCCCCn1c2c(c3cc(C(=O)OC)ccc31)CCCC2. The van der Waals surface area contributed by atoms with Crippen LogP contribution in [0.2, 0.25) is 0 Å². The van der Waals surface area contributed by atoms with Crippen LogP contribution in [0.15, 0.2) is 47.6 Å². The van der Waals surface area contributed by atoms with Crippen molar-refractivity contribution in [3.05, 3.63) is 59.4 Å². The minimum atomic E-state index is -0.291. The smallest absolute Gasteiger partial charge is 0.337 e. The zero-order chi connectivity index (χ0) is 23.8. The highest BCUT2D eigenvalue weighted by atomic mass is 16.5. The van der Waals surface area contributed by atoms with Crippen LogP contribution in [0.4, 0.5) is 0 Å². The lowest BCUT2D eigenvalue weighted by atomic mass is 9.95. The Hall–Kier alpha value is -3.42. The number of fused-ring (bicyclic) bond motifs is 3. The molecule has 33 heavy (non-hydrogen) atoms. The maximum Gasteiger partial charge on any atom is 0.337 e. The van der Waals surface area contributed by atoms with Crippen LogP contribution in [0.5, 0.6) is 0 Å². The number of carbonyl (C=O) groups is 1. The Morgan fingerprint density at radius 3 is 2.70 bits per heavy atom. The molecule has 178 valence electrons. The van der Waals surface area contributed by atoms with Crippen LogP contribution in [0.1, 0.15) is 47.3 Å². The molecule has 0 atom stereocenters. The van der Waals surface area contributed by atoms with Crippen molar-refractivity contribution < 1.29 is 19.0 Å². The Bertz CT molecular complexity index is 1070. The molecular formula is C25H34N4O4. The van der Waals surface area contributed by atoms with Crippen LogP contribution in [-0.2, 0) is 33.6 Å². The fourth-order valence-electron chi connectivity index (χ4n) is 4.25. The minimum Gasteiger partial charge on any atom is -0.483 e. The predicted octanol–water partition coefficient (Wildman–Crippen LogP) is 3.64. The molecule has 0 spiro atoms. The molecule has 8 heteroatoms. The van der Waals surface area contributed by atoms with Crippen molar-refractivity contribution in [3.8, 4) is 0 Å². The van der Waals surface area contributed by atoms with E-state index in [2.05, 4.69) is 27.5 Å². The number of benzene rings is 1. The summed E-state index contributed by atoms with van der Waals surface area (Å²) in [5.41, 5.74) is 10.2. The van der Waals surface area contributed by atoms with Crippen LogP contribution in [0.25, 0.3) is 10.9 Å². The molecule has 1 aromatic carbocycles. The summed E-state index contributed by atoms with van der Waals surface area (Å²) < 4.78 is 17.4. The summed E-state index contributed by atoms with van der Waals surface area (Å²) in [6, 6.07) is 5.90. The van der Waals surface area contributed by atoms with Crippen molar-refractivity contribution in [3.63, 3.8) is 0 Å². The number of carbonyl (C=O) groups excluding carboxylic acids is 1. The van der Waals surface area contributed by atoms with E-state index in [4.69, 9.17) is 19.9 Å². The van der Waals surface area contributed by atoms with E-state index in [9.17, 15) is 4.79 Å². The van der Waals surface area contributed by atoms with Crippen molar-refractivity contribution in [2.24, 2.45) is 10.7 Å². The molecule has 1 aliphatic carbocycles. The van der Waals surface area contributed by atoms with Crippen LogP contribution in [0.3, 0.4) is 0 Å². The first kappa shape index (κ1) is 24.2. The van der Waals surface area contributed by atoms with Gasteiger partial charge in [0.05, 0.1) is 33.0 Å². The lowest BCUT2D eigenvalue weighted by Crippen LogP contribution is -2.16. The number of hydrogen-bond donors (Lipinski definition) is 2. The Labute approximate surface area is 195 Å². The second kappa shape index (κ2) is 11.4. The average Bonchev–Trinajstić information content (AvgIpc) is 3.15. The maximum atomic E-state index is 12.0. The highest BCUT2D eigenvalue weighted by Gasteiger charge is 2.21. The Morgan fingerprint density at radius 1 is 1.18 bits per heavy atom. The lowest BCUT2D eigenvalue weighted by molar-refractivity contribution is 0.0601. The summed E-state index contributed by atoms with van der Waals surface area (Å²) in [6.07, 6.45) is 8.01. The molecule has 0 saturated carbocycles. The number of nitrogens with one attached hydrogen (secondary N) is 1. The predicted molar refractivity (Wildman–Crippen MR) is 130 cm³/mol. The summed E-state index contributed by atoms with van der Waals surface area (Å²) in [5.74, 6) is 0.749. The summed E-state index contributed by atoms with van der Waals surface area (Å²) in [7, 11) is 4.42. The quantitative estimate of drug-likeness (QED) is 0.187. The number of rotatable bonds is 10. The van der Waals surface area contributed by atoms with Gasteiger partial charge in [0.15, 0.2) is 5.88 Å². The summed E-state index contributed by atoms with van der Waals surface area (Å²) in [6.45, 7) is 5.59. The molecule has 0 saturated heterocycles.